The minimum atomic E-state index is -0.526. The van der Waals surface area contributed by atoms with Crippen molar-refractivity contribution in [3.8, 4) is 0 Å². The normalized spacial score (nSPS) is 16.8. The molecule has 1 aliphatic carbocycles. The number of nitrogens with one attached hydrogen (secondary N) is 1. The van der Waals surface area contributed by atoms with Crippen LogP contribution in [0.4, 0.5) is 14.5 Å². The van der Waals surface area contributed by atoms with Gasteiger partial charge < -0.3 is 5.32 Å². The van der Waals surface area contributed by atoms with Crippen LogP contribution in [-0.2, 0) is 0 Å². The lowest BCUT2D eigenvalue weighted by atomic mass is 9.93. The van der Waals surface area contributed by atoms with E-state index in [-0.39, 0.29) is 0 Å². The van der Waals surface area contributed by atoms with Gasteiger partial charge in [-0.2, -0.15) is 0 Å². The highest BCUT2D eigenvalue weighted by Crippen LogP contribution is 2.23. The lowest BCUT2D eigenvalue weighted by Crippen LogP contribution is -2.27. The molecule has 0 aromatic heterocycles. The van der Waals surface area contributed by atoms with Crippen molar-refractivity contribution in [2.24, 2.45) is 0 Å². The maximum atomic E-state index is 12.7. The molecule has 0 unspecified atom stereocenters. The average molecular weight is 183 g/mol. The van der Waals surface area contributed by atoms with E-state index >= 15 is 0 Å². The summed E-state index contributed by atoms with van der Waals surface area (Å²) in [7, 11) is 0. The van der Waals surface area contributed by atoms with Gasteiger partial charge in [0.2, 0.25) is 0 Å². The summed E-state index contributed by atoms with van der Waals surface area (Å²) in [6, 6.07) is 3.93. The summed E-state index contributed by atoms with van der Waals surface area (Å²) in [6.07, 6.45) is 3.39. The van der Waals surface area contributed by atoms with Gasteiger partial charge in [0, 0.05) is 17.8 Å². The van der Waals surface area contributed by atoms with Gasteiger partial charge in [0.15, 0.2) is 0 Å². The van der Waals surface area contributed by atoms with Crippen LogP contribution in [0.3, 0.4) is 0 Å². The highest BCUT2D eigenvalue weighted by Gasteiger charge is 2.17. The number of hydrogen-bond acceptors (Lipinski definition) is 1. The monoisotopic (exact) mass is 183 g/mol. The van der Waals surface area contributed by atoms with Crippen molar-refractivity contribution in [3.63, 3.8) is 0 Å². The van der Waals surface area contributed by atoms with E-state index in [1.807, 2.05) is 0 Å². The fraction of sp³-hybridized carbons (Fsp3) is 0.400. The summed E-state index contributed by atoms with van der Waals surface area (Å²) in [5.74, 6) is -1.05. The lowest BCUT2D eigenvalue weighted by Gasteiger charge is -2.27. The molecule has 0 bridgehead atoms. The molecular weight excluding hydrogens is 172 g/mol. The van der Waals surface area contributed by atoms with Crippen LogP contribution in [0.1, 0.15) is 19.3 Å². The quantitative estimate of drug-likeness (QED) is 0.743. The molecule has 2 rings (SSSR count). The van der Waals surface area contributed by atoms with Crippen LogP contribution in [0.15, 0.2) is 18.2 Å². The second-order valence-electron chi connectivity index (χ2n) is 3.43. The first kappa shape index (κ1) is 8.48. The van der Waals surface area contributed by atoms with Crippen molar-refractivity contribution in [1.29, 1.82) is 0 Å². The van der Waals surface area contributed by atoms with Gasteiger partial charge in [0.05, 0.1) is 0 Å². The zero-order valence-electron chi connectivity index (χ0n) is 7.19. The number of anilines is 1. The third-order valence-electron chi connectivity index (χ3n) is 2.34. The number of benzene rings is 1. The molecule has 1 aliphatic rings. The second kappa shape index (κ2) is 3.32. The molecular formula is C10H11F2N. The Labute approximate surface area is 75.8 Å². The SMILES string of the molecule is Fc1cc(F)cc(NC2CCC2)c1. The zero-order chi connectivity index (χ0) is 9.26. The molecule has 70 valence electrons. The van der Waals surface area contributed by atoms with E-state index < -0.39 is 11.6 Å². The molecule has 1 fully saturated rings. The molecule has 0 atom stereocenters. The van der Waals surface area contributed by atoms with Gasteiger partial charge in [-0.25, -0.2) is 8.78 Å². The highest BCUT2D eigenvalue weighted by molar-refractivity contribution is 5.44. The smallest absolute Gasteiger partial charge is 0.128 e. The Morgan fingerprint density at radius 2 is 1.69 bits per heavy atom. The number of hydrogen-bond donors (Lipinski definition) is 1. The maximum Gasteiger partial charge on any atom is 0.128 e. The van der Waals surface area contributed by atoms with Crippen molar-refractivity contribution in [3.05, 3.63) is 29.8 Å². The molecule has 0 saturated heterocycles. The average Bonchev–Trinajstić information content (AvgIpc) is 1.95. The maximum absolute atomic E-state index is 12.7. The van der Waals surface area contributed by atoms with E-state index in [1.165, 1.54) is 18.6 Å². The van der Waals surface area contributed by atoms with Crippen LogP contribution < -0.4 is 5.32 Å². The van der Waals surface area contributed by atoms with E-state index in [2.05, 4.69) is 5.32 Å². The van der Waals surface area contributed by atoms with E-state index in [4.69, 9.17) is 0 Å². The van der Waals surface area contributed by atoms with Crippen LogP contribution in [-0.4, -0.2) is 6.04 Å². The Morgan fingerprint density at radius 1 is 1.08 bits per heavy atom. The second-order valence-corrected chi connectivity index (χ2v) is 3.43. The third kappa shape index (κ3) is 1.97. The predicted octanol–water partition coefficient (Wildman–Crippen LogP) is 2.93. The van der Waals surface area contributed by atoms with Crippen molar-refractivity contribution in [2.75, 3.05) is 5.32 Å². The van der Waals surface area contributed by atoms with Gasteiger partial charge in [0.1, 0.15) is 11.6 Å². The van der Waals surface area contributed by atoms with Gasteiger partial charge in [-0.15, -0.1) is 0 Å². The summed E-state index contributed by atoms with van der Waals surface area (Å²) in [4.78, 5) is 0. The molecule has 0 spiro atoms. The Morgan fingerprint density at radius 3 is 2.15 bits per heavy atom. The molecule has 1 nitrogen and oxygen atoms in total. The van der Waals surface area contributed by atoms with Gasteiger partial charge in [0.25, 0.3) is 0 Å². The van der Waals surface area contributed by atoms with Gasteiger partial charge in [-0.3, -0.25) is 0 Å². The fourth-order valence-corrected chi connectivity index (χ4v) is 1.43. The van der Waals surface area contributed by atoms with Crippen LogP contribution in [0.25, 0.3) is 0 Å². The molecule has 13 heavy (non-hydrogen) atoms. The molecule has 1 N–H and O–H groups in total. The Kier molecular flexibility index (Phi) is 2.17. The summed E-state index contributed by atoms with van der Waals surface area (Å²) in [5.41, 5.74) is 0.544. The molecule has 0 heterocycles. The third-order valence-corrected chi connectivity index (χ3v) is 2.34. The number of rotatable bonds is 2. The van der Waals surface area contributed by atoms with Crippen LogP contribution in [0, 0.1) is 11.6 Å². The molecule has 1 aromatic carbocycles. The van der Waals surface area contributed by atoms with Crippen LogP contribution in [0.2, 0.25) is 0 Å². The lowest BCUT2D eigenvalue weighted by molar-refractivity contribution is 0.445. The van der Waals surface area contributed by atoms with Crippen molar-refractivity contribution >= 4 is 5.69 Å². The van der Waals surface area contributed by atoms with E-state index in [9.17, 15) is 8.78 Å². The molecule has 1 aromatic rings. The van der Waals surface area contributed by atoms with Crippen molar-refractivity contribution < 1.29 is 8.78 Å². The Bertz CT molecular complexity index is 288. The van der Waals surface area contributed by atoms with Crippen LogP contribution in [0.5, 0.6) is 0 Å². The summed E-state index contributed by atoms with van der Waals surface area (Å²) < 4.78 is 25.4. The minimum Gasteiger partial charge on any atom is -0.382 e. The standard InChI is InChI=1S/C10H11F2N/c11-7-4-8(12)6-10(5-7)13-9-2-1-3-9/h4-6,9,13H,1-3H2. The summed E-state index contributed by atoms with van der Waals surface area (Å²) in [5, 5.41) is 3.08. The molecule has 0 radical (unpaired) electrons. The van der Waals surface area contributed by atoms with Crippen molar-refractivity contribution in [1.82, 2.24) is 0 Å². The summed E-state index contributed by atoms with van der Waals surface area (Å²) >= 11 is 0. The van der Waals surface area contributed by atoms with Gasteiger partial charge in [-0.05, 0) is 31.4 Å². The van der Waals surface area contributed by atoms with E-state index in [0.29, 0.717) is 11.7 Å². The minimum absolute atomic E-state index is 0.404. The van der Waals surface area contributed by atoms with Crippen LogP contribution >= 0.6 is 0 Å². The first-order chi connectivity index (χ1) is 6.24. The summed E-state index contributed by atoms with van der Waals surface area (Å²) in [6.45, 7) is 0. The van der Waals surface area contributed by atoms with Gasteiger partial charge >= 0.3 is 0 Å². The van der Waals surface area contributed by atoms with Gasteiger partial charge in [-0.1, -0.05) is 0 Å². The first-order valence-electron chi connectivity index (χ1n) is 4.47. The Balaban J connectivity index is 2.10. The topological polar surface area (TPSA) is 12.0 Å². The molecule has 3 heteroatoms. The van der Waals surface area contributed by atoms with Crippen molar-refractivity contribution in [2.45, 2.75) is 25.3 Å². The molecule has 0 aliphatic heterocycles. The molecule has 1 saturated carbocycles. The zero-order valence-corrected chi connectivity index (χ0v) is 7.19. The highest BCUT2D eigenvalue weighted by atomic mass is 19.1. The number of halogens is 2. The molecule has 0 amide bonds. The largest absolute Gasteiger partial charge is 0.382 e. The first-order valence-corrected chi connectivity index (χ1v) is 4.47. The fourth-order valence-electron chi connectivity index (χ4n) is 1.43. The van der Waals surface area contributed by atoms with E-state index in [0.717, 1.165) is 18.9 Å². The Hall–Kier alpha value is -1.12. The van der Waals surface area contributed by atoms with E-state index in [1.54, 1.807) is 0 Å². The predicted molar refractivity (Wildman–Crippen MR) is 47.6 cm³/mol.